The van der Waals surface area contributed by atoms with Crippen molar-refractivity contribution >= 4 is 33.7 Å². The highest BCUT2D eigenvalue weighted by molar-refractivity contribution is 9.10. The van der Waals surface area contributed by atoms with Crippen molar-refractivity contribution in [2.45, 2.75) is 39.2 Å². The number of hydrogen-bond acceptors (Lipinski definition) is 4. The molecule has 0 aromatic heterocycles. The van der Waals surface area contributed by atoms with Crippen molar-refractivity contribution in [3.05, 3.63) is 62.6 Å². The number of halogens is 1. The van der Waals surface area contributed by atoms with Crippen molar-refractivity contribution in [2.24, 2.45) is 0 Å². The number of benzene rings is 2. The summed E-state index contributed by atoms with van der Waals surface area (Å²) in [5, 5.41) is 3.09. The molecule has 6 nitrogen and oxygen atoms in total. The van der Waals surface area contributed by atoms with Gasteiger partial charge in [-0.1, -0.05) is 33.6 Å². The molecule has 4 rings (SSSR count). The number of imide groups is 1. The van der Waals surface area contributed by atoms with Gasteiger partial charge in [-0.2, -0.15) is 0 Å². The number of fused-ring (bicyclic) bond motifs is 2. The van der Waals surface area contributed by atoms with Crippen LogP contribution in [0.25, 0.3) is 0 Å². The number of rotatable bonds is 5. The van der Waals surface area contributed by atoms with Crippen molar-refractivity contribution in [3.63, 3.8) is 0 Å². The van der Waals surface area contributed by atoms with Crippen LogP contribution >= 0.6 is 15.9 Å². The summed E-state index contributed by atoms with van der Waals surface area (Å²) in [6.07, 6.45) is 1.38. The fraction of sp³-hybridized carbons (Fsp3) is 0.348. The number of nitrogens with zero attached hydrogens (tertiary/aromatic N) is 1. The molecular formula is C23H23BrN2O4. The molecule has 1 unspecified atom stereocenters. The molecule has 156 valence electrons. The summed E-state index contributed by atoms with van der Waals surface area (Å²) in [6.45, 7) is 4.82. The minimum absolute atomic E-state index is 0.0866. The van der Waals surface area contributed by atoms with Gasteiger partial charge in [0.15, 0.2) is 0 Å². The molecule has 2 aliphatic rings. The number of carbonyl (C=O) groups is 3. The van der Waals surface area contributed by atoms with E-state index in [2.05, 4.69) is 33.4 Å². The second-order valence-electron chi connectivity index (χ2n) is 7.81. The number of amides is 3. The second kappa shape index (κ2) is 8.22. The molecule has 0 bridgehead atoms. The van der Waals surface area contributed by atoms with E-state index < -0.39 is 0 Å². The summed E-state index contributed by atoms with van der Waals surface area (Å²) in [6, 6.07) is 9.10. The Morgan fingerprint density at radius 1 is 1.17 bits per heavy atom. The van der Waals surface area contributed by atoms with E-state index in [1.54, 1.807) is 18.2 Å². The minimum Gasteiger partial charge on any atom is -0.493 e. The fourth-order valence-electron chi connectivity index (χ4n) is 4.16. The van der Waals surface area contributed by atoms with E-state index in [0.29, 0.717) is 24.2 Å². The summed E-state index contributed by atoms with van der Waals surface area (Å²) in [5.74, 6) is 0.161. The van der Waals surface area contributed by atoms with Gasteiger partial charge >= 0.3 is 0 Å². The molecule has 0 saturated heterocycles. The lowest BCUT2D eigenvalue weighted by Crippen LogP contribution is -2.34. The standard InChI is InChI=1S/C23H23BrN2O4/c1-13-10-14(2)21-18(11-13)19(7-9-30-21)25-20(27)4-3-8-26-22(28)16-6-5-15(24)12-17(16)23(26)29/h5-6,10-12,19H,3-4,7-9H2,1-2H3,(H,25,27). The van der Waals surface area contributed by atoms with E-state index in [0.717, 1.165) is 33.3 Å². The van der Waals surface area contributed by atoms with Crippen LogP contribution in [-0.4, -0.2) is 35.8 Å². The monoisotopic (exact) mass is 470 g/mol. The third kappa shape index (κ3) is 3.86. The predicted molar refractivity (Wildman–Crippen MR) is 116 cm³/mol. The third-order valence-electron chi connectivity index (χ3n) is 5.53. The van der Waals surface area contributed by atoms with Crippen LogP contribution in [0.1, 0.15) is 62.7 Å². The molecule has 0 saturated carbocycles. The van der Waals surface area contributed by atoms with E-state index in [4.69, 9.17) is 4.74 Å². The Bertz CT molecular complexity index is 1050. The maximum atomic E-state index is 12.5. The molecule has 7 heteroatoms. The molecule has 1 N–H and O–H groups in total. The van der Waals surface area contributed by atoms with Crippen molar-refractivity contribution in [1.29, 1.82) is 0 Å². The van der Waals surface area contributed by atoms with Gasteiger partial charge < -0.3 is 10.1 Å². The summed E-state index contributed by atoms with van der Waals surface area (Å²) in [7, 11) is 0. The lowest BCUT2D eigenvalue weighted by molar-refractivity contribution is -0.122. The summed E-state index contributed by atoms with van der Waals surface area (Å²) in [4.78, 5) is 38.8. The smallest absolute Gasteiger partial charge is 0.261 e. The zero-order valence-electron chi connectivity index (χ0n) is 17.0. The van der Waals surface area contributed by atoms with Crippen LogP contribution < -0.4 is 10.1 Å². The highest BCUT2D eigenvalue weighted by Crippen LogP contribution is 2.35. The van der Waals surface area contributed by atoms with Gasteiger partial charge in [0.1, 0.15) is 5.75 Å². The number of carbonyl (C=O) groups excluding carboxylic acids is 3. The van der Waals surface area contributed by atoms with Gasteiger partial charge in [-0.3, -0.25) is 19.3 Å². The van der Waals surface area contributed by atoms with Gasteiger partial charge in [-0.05, 0) is 44.0 Å². The first kappa shape index (κ1) is 20.6. The Labute approximate surface area is 183 Å². The summed E-state index contributed by atoms with van der Waals surface area (Å²) in [5.41, 5.74) is 4.04. The molecule has 0 spiro atoms. The van der Waals surface area contributed by atoms with Crippen LogP contribution in [0.2, 0.25) is 0 Å². The van der Waals surface area contributed by atoms with Crippen LogP contribution in [0.5, 0.6) is 5.75 Å². The van der Waals surface area contributed by atoms with E-state index in [1.165, 1.54) is 4.90 Å². The summed E-state index contributed by atoms with van der Waals surface area (Å²) >= 11 is 3.33. The third-order valence-corrected chi connectivity index (χ3v) is 6.02. The highest BCUT2D eigenvalue weighted by atomic mass is 79.9. The lowest BCUT2D eigenvalue weighted by atomic mass is 9.95. The van der Waals surface area contributed by atoms with Gasteiger partial charge in [0.25, 0.3) is 11.8 Å². The topological polar surface area (TPSA) is 75.7 Å². The largest absolute Gasteiger partial charge is 0.493 e. The Morgan fingerprint density at radius 3 is 2.73 bits per heavy atom. The predicted octanol–water partition coefficient (Wildman–Crippen LogP) is 4.08. The van der Waals surface area contributed by atoms with Crippen molar-refractivity contribution in [3.8, 4) is 5.75 Å². The van der Waals surface area contributed by atoms with Crippen molar-refractivity contribution in [2.75, 3.05) is 13.2 Å². The first-order valence-corrected chi connectivity index (χ1v) is 10.8. The number of aryl methyl sites for hydroxylation is 2. The van der Waals surface area contributed by atoms with Crippen LogP contribution in [0.4, 0.5) is 0 Å². The second-order valence-corrected chi connectivity index (χ2v) is 8.73. The molecule has 0 radical (unpaired) electrons. The molecule has 2 aliphatic heterocycles. The van der Waals surface area contributed by atoms with Gasteiger partial charge in [0, 0.05) is 29.4 Å². The van der Waals surface area contributed by atoms with Crippen molar-refractivity contribution in [1.82, 2.24) is 10.2 Å². The van der Waals surface area contributed by atoms with Crippen LogP contribution in [0, 0.1) is 13.8 Å². The maximum absolute atomic E-state index is 12.5. The van der Waals surface area contributed by atoms with Gasteiger partial charge in [0.05, 0.1) is 23.8 Å². The Hall–Kier alpha value is -2.67. The van der Waals surface area contributed by atoms with E-state index in [9.17, 15) is 14.4 Å². The molecule has 2 heterocycles. The Balaban J connectivity index is 1.35. The highest BCUT2D eigenvalue weighted by Gasteiger charge is 2.35. The minimum atomic E-state index is -0.305. The Morgan fingerprint density at radius 2 is 1.93 bits per heavy atom. The van der Waals surface area contributed by atoms with Gasteiger partial charge in [-0.15, -0.1) is 0 Å². The first-order valence-electron chi connectivity index (χ1n) is 10.0. The zero-order valence-corrected chi connectivity index (χ0v) is 18.5. The number of nitrogens with one attached hydrogen (secondary N) is 1. The van der Waals surface area contributed by atoms with E-state index >= 15 is 0 Å². The molecule has 0 fully saturated rings. The molecule has 1 atom stereocenters. The normalized spacial score (nSPS) is 17.4. The zero-order chi connectivity index (χ0) is 21.4. The molecule has 30 heavy (non-hydrogen) atoms. The number of ether oxygens (including phenoxy) is 1. The fourth-order valence-corrected chi connectivity index (χ4v) is 4.52. The molecule has 2 aromatic rings. The van der Waals surface area contributed by atoms with E-state index in [1.807, 2.05) is 13.8 Å². The average molecular weight is 471 g/mol. The molecular weight excluding hydrogens is 448 g/mol. The molecule has 2 aromatic carbocycles. The van der Waals surface area contributed by atoms with Crippen molar-refractivity contribution < 1.29 is 19.1 Å². The Kier molecular flexibility index (Phi) is 5.64. The molecule has 3 amide bonds. The van der Waals surface area contributed by atoms with Crippen LogP contribution in [0.3, 0.4) is 0 Å². The number of hydrogen-bond donors (Lipinski definition) is 1. The van der Waals surface area contributed by atoms with Crippen LogP contribution in [-0.2, 0) is 4.79 Å². The van der Waals surface area contributed by atoms with Gasteiger partial charge in [-0.25, -0.2) is 0 Å². The first-order chi connectivity index (χ1) is 14.3. The maximum Gasteiger partial charge on any atom is 0.261 e. The lowest BCUT2D eigenvalue weighted by Gasteiger charge is -2.28. The average Bonchev–Trinajstić information content (AvgIpc) is 2.93. The summed E-state index contributed by atoms with van der Waals surface area (Å²) < 4.78 is 6.55. The SMILES string of the molecule is Cc1cc(C)c2c(c1)C(NC(=O)CCCN1C(=O)c3ccc(Br)cc3C1=O)CCO2. The quantitative estimate of drug-likeness (QED) is 0.667. The van der Waals surface area contributed by atoms with Crippen LogP contribution in [0.15, 0.2) is 34.8 Å². The van der Waals surface area contributed by atoms with Gasteiger partial charge in [0.2, 0.25) is 5.91 Å². The van der Waals surface area contributed by atoms with E-state index in [-0.39, 0.29) is 36.7 Å². The molecule has 0 aliphatic carbocycles.